The van der Waals surface area contributed by atoms with Gasteiger partial charge in [-0.1, -0.05) is 0 Å². The molecule has 12 heteroatoms. The summed E-state index contributed by atoms with van der Waals surface area (Å²) >= 11 is 0. The third-order valence-corrected chi connectivity index (χ3v) is 5.94. The van der Waals surface area contributed by atoms with Gasteiger partial charge in [-0.2, -0.15) is 0 Å². The Bertz CT molecular complexity index is 759. The van der Waals surface area contributed by atoms with E-state index in [1.54, 1.807) is 0 Å². The fourth-order valence-electron chi connectivity index (χ4n) is 3.99. The van der Waals surface area contributed by atoms with Crippen LogP contribution in [0.25, 0.3) is 0 Å². The summed E-state index contributed by atoms with van der Waals surface area (Å²) in [6.45, 7) is 4.86. The topological polar surface area (TPSA) is 182 Å². The number of hydrogen-bond acceptors (Lipinski definition) is 7. The number of likely N-dealkylation sites (tertiary alicyclic amines) is 2. The first kappa shape index (κ1) is 25.5. The number of carbonyl (C=O) groups is 5. The highest BCUT2D eigenvalue weighted by Crippen LogP contribution is 2.25. The summed E-state index contributed by atoms with van der Waals surface area (Å²) in [5.74, 6) is -3.20. The average Bonchev–Trinajstić information content (AvgIpc) is 3.41. The first-order valence-corrected chi connectivity index (χ1v) is 10.8. The molecule has 0 radical (unpaired) electrons. The molecule has 2 saturated heterocycles. The van der Waals surface area contributed by atoms with E-state index in [-0.39, 0.29) is 5.91 Å². The van der Waals surface area contributed by atoms with Gasteiger partial charge in [0.1, 0.15) is 30.2 Å². The SMILES string of the molecule is C[C@H](NC(=O)[C@@H]1CCCN1C(=O)[C@@H]1CCCN1C(=O)[C@H](C)NC(=O)[C@@H](N)[C@@H](C)O)C(=O)O. The maximum atomic E-state index is 13.2. The van der Waals surface area contributed by atoms with Crippen molar-refractivity contribution in [3.05, 3.63) is 0 Å². The van der Waals surface area contributed by atoms with E-state index in [0.717, 1.165) is 0 Å². The van der Waals surface area contributed by atoms with Crippen LogP contribution in [0, 0.1) is 0 Å². The summed E-state index contributed by atoms with van der Waals surface area (Å²) in [5.41, 5.74) is 5.59. The van der Waals surface area contributed by atoms with Gasteiger partial charge in [0.2, 0.25) is 23.6 Å². The smallest absolute Gasteiger partial charge is 0.325 e. The minimum Gasteiger partial charge on any atom is -0.480 e. The molecule has 0 saturated carbocycles. The Labute approximate surface area is 186 Å². The molecule has 2 heterocycles. The monoisotopic (exact) mass is 455 g/mol. The van der Waals surface area contributed by atoms with Gasteiger partial charge in [0.15, 0.2) is 0 Å². The van der Waals surface area contributed by atoms with Crippen LogP contribution in [0.15, 0.2) is 0 Å². The number of aliphatic hydroxyl groups is 1. The lowest BCUT2D eigenvalue weighted by Gasteiger charge is -2.32. The second-order valence-corrected chi connectivity index (χ2v) is 8.44. The molecule has 0 bridgehead atoms. The Morgan fingerprint density at radius 3 is 2.03 bits per heavy atom. The molecule has 2 aliphatic rings. The predicted octanol–water partition coefficient (Wildman–Crippen LogP) is -2.23. The summed E-state index contributed by atoms with van der Waals surface area (Å²) in [6.07, 6.45) is 0.940. The maximum Gasteiger partial charge on any atom is 0.325 e. The van der Waals surface area contributed by atoms with E-state index < -0.39 is 60.0 Å². The molecule has 0 spiro atoms. The highest BCUT2D eigenvalue weighted by Gasteiger charge is 2.43. The quantitative estimate of drug-likeness (QED) is 0.272. The van der Waals surface area contributed by atoms with Crippen molar-refractivity contribution >= 4 is 29.6 Å². The van der Waals surface area contributed by atoms with Gasteiger partial charge < -0.3 is 36.4 Å². The van der Waals surface area contributed by atoms with Crippen molar-refractivity contribution < 1.29 is 34.2 Å². The van der Waals surface area contributed by atoms with Crippen molar-refractivity contribution in [1.29, 1.82) is 0 Å². The first-order chi connectivity index (χ1) is 15.0. The number of aliphatic carboxylic acids is 1. The van der Waals surface area contributed by atoms with E-state index in [9.17, 15) is 29.1 Å². The molecule has 0 aliphatic carbocycles. The number of amides is 4. The van der Waals surface area contributed by atoms with E-state index in [2.05, 4.69) is 10.6 Å². The molecule has 0 aromatic carbocycles. The first-order valence-electron chi connectivity index (χ1n) is 10.8. The molecule has 0 aromatic rings. The molecule has 180 valence electrons. The highest BCUT2D eigenvalue weighted by molar-refractivity contribution is 5.96. The predicted molar refractivity (Wildman–Crippen MR) is 112 cm³/mol. The highest BCUT2D eigenvalue weighted by atomic mass is 16.4. The molecule has 2 rings (SSSR count). The van der Waals surface area contributed by atoms with Crippen LogP contribution in [0.1, 0.15) is 46.5 Å². The average molecular weight is 456 g/mol. The minimum atomic E-state index is -1.18. The third kappa shape index (κ3) is 5.74. The van der Waals surface area contributed by atoms with Crippen LogP contribution >= 0.6 is 0 Å². The molecule has 32 heavy (non-hydrogen) atoms. The lowest BCUT2D eigenvalue weighted by Crippen LogP contribution is -2.57. The second kappa shape index (κ2) is 10.7. The summed E-state index contributed by atoms with van der Waals surface area (Å²) in [6, 6.07) is -4.77. The summed E-state index contributed by atoms with van der Waals surface area (Å²) in [7, 11) is 0. The van der Waals surface area contributed by atoms with Crippen molar-refractivity contribution in [2.75, 3.05) is 13.1 Å². The van der Waals surface area contributed by atoms with Gasteiger partial charge in [0.05, 0.1) is 6.10 Å². The van der Waals surface area contributed by atoms with Gasteiger partial charge in [-0.15, -0.1) is 0 Å². The summed E-state index contributed by atoms with van der Waals surface area (Å²) in [4.78, 5) is 64.6. The van der Waals surface area contributed by atoms with E-state index in [1.165, 1.54) is 30.6 Å². The Hall–Kier alpha value is -2.73. The van der Waals surface area contributed by atoms with Crippen LogP contribution in [0.2, 0.25) is 0 Å². The molecule has 4 amide bonds. The maximum absolute atomic E-state index is 13.2. The van der Waals surface area contributed by atoms with Gasteiger partial charge in [-0.3, -0.25) is 24.0 Å². The van der Waals surface area contributed by atoms with Crippen molar-refractivity contribution in [1.82, 2.24) is 20.4 Å². The van der Waals surface area contributed by atoms with Crippen molar-refractivity contribution in [2.24, 2.45) is 5.73 Å². The second-order valence-electron chi connectivity index (χ2n) is 8.44. The van der Waals surface area contributed by atoms with Crippen molar-refractivity contribution in [2.45, 2.75) is 82.8 Å². The minimum absolute atomic E-state index is 0.332. The van der Waals surface area contributed by atoms with Crippen LogP contribution in [0.5, 0.6) is 0 Å². The summed E-state index contributed by atoms with van der Waals surface area (Å²) < 4.78 is 0. The van der Waals surface area contributed by atoms with Crippen LogP contribution < -0.4 is 16.4 Å². The van der Waals surface area contributed by atoms with E-state index in [1.807, 2.05) is 0 Å². The zero-order valence-corrected chi connectivity index (χ0v) is 18.6. The van der Waals surface area contributed by atoms with Gasteiger partial charge in [0, 0.05) is 13.1 Å². The third-order valence-electron chi connectivity index (χ3n) is 5.94. The zero-order valence-electron chi connectivity index (χ0n) is 18.6. The van der Waals surface area contributed by atoms with Crippen molar-refractivity contribution in [3.8, 4) is 0 Å². The molecule has 6 atom stereocenters. The number of nitrogens with one attached hydrogen (secondary N) is 2. The molecule has 6 N–H and O–H groups in total. The van der Waals surface area contributed by atoms with Crippen LogP contribution in [-0.2, 0) is 24.0 Å². The number of carbonyl (C=O) groups excluding carboxylic acids is 4. The van der Waals surface area contributed by atoms with Gasteiger partial charge in [-0.05, 0) is 46.5 Å². The normalized spacial score (nSPS) is 24.4. The lowest BCUT2D eigenvalue weighted by atomic mass is 10.1. The van der Waals surface area contributed by atoms with Gasteiger partial charge >= 0.3 is 5.97 Å². The molecule has 0 unspecified atom stereocenters. The number of aliphatic hydroxyl groups excluding tert-OH is 1. The lowest BCUT2D eigenvalue weighted by molar-refractivity contribution is -0.148. The van der Waals surface area contributed by atoms with E-state index in [4.69, 9.17) is 10.8 Å². The van der Waals surface area contributed by atoms with E-state index >= 15 is 0 Å². The fourth-order valence-corrected chi connectivity index (χ4v) is 3.99. The molecular formula is C20H33N5O7. The van der Waals surface area contributed by atoms with Crippen LogP contribution in [-0.4, -0.2) is 99.0 Å². The Morgan fingerprint density at radius 2 is 1.47 bits per heavy atom. The van der Waals surface area contributed by atoms with Gasteiger partial charge in [0.25, 0.3) is 0 Å². The van der Waals surface area contributed by atoms with Crippen molar-refractivity contribution in [3.63, 3.8) is 0 Å². The Morgan fingerprint density at radius 1 is 0.906 bits per heavy atom. The standard InChI is InChI=1S/C20H33N5O7/c1-10(22-17(28)15(21)12(3)26)18(29)25-9-5-7-14(25)19(30)24-8-4-6-13(24)16(27)23-11(2)20(31)32/h10-15,26H,4-9,21H2,1-3H3,(H,22,28)(H,23,27)(H,31,32)/t10-,11-,12+,13-,14-,15-/m0/s1. The molecule has 2 aliphatic heterocycles. The fraction of sp³-hybridized carbons (Fsp3) is 0.750. The number of carboxylic acids is 1. The molecule has 2 fully saturated rings. The van der Waals surface area contributed by atoms with Gasteiger partial charge in [-0.25, -0.2) is 0 Å². The number of rotatable bonds is 8. The number of nitrogens with zero attached hydrogens (tertiary/aromatic N) is 2. The Kier molecular flexibility index (Phi) is 8.56. The van der Waals surface area contributed by atoms with E-state index in [0.29, 0.717) is 38.8 Å². The number of carboxylic acid groups (broad SMARTS) is 1. The molecule has 0 aromatic heterocycles. The zero-order chi connectivity index (χ0) is 24.2. The largest absolute Gasteiger partial charge is 0.480 e. The molecule has 12 nitrogen and oxygen atoms in total. The Balaban J connectivity index is 2.05. The summed E-state index contributed by atoms with van der Waals surface area (Å²) in [5, 5.41) is 23.3. The molecular weight excluding hydrogens is 422 g/mol. The number of hydrogen-bond donors (Lipinski definition) is 5. The van der Waals surface area contributed by atoms with Crippen LogP contribution in [0.3, 0.4) is 0 Å². The number of nitrogens with two attached hydrogens (primary N) is 1. The van der Waals surface area contributed by atoms with Crippen LogP contribution in [0.4, 0.5) is 0 Å².